The van der Waals surface area contributed by atoms with E-state index in [-0.39, 0.29) is 24.3 Å². The van der Waals surface area contributed by atoms with Gasteiger partial charge in [0.1, 0.15) is 5.92 Å². The van der Waals surface area contributed by atoms with Gasteiger partial charge in [-0.1, -0.05) is 60.7 Å². The molecule has 0 aliphatic carbocycles. The molecule has 0 aromatic heterocycles. The van der Waals surface area contributed by atoms with Crippen LogP contribution in [0.1, 0.15) is 49.7 Å². The average Bonchev–Trinajstić information content (AvgIpc) is 2.68. The molecule has 4 rings (SSSR count). The van der Waals surface area contributed by atoms with Crippen molar-refractivity contribution in [3.05, 3.63) is 71.8 Å². The zero-order valence-electron chi connectivity index (χ0n) is 15.9. The quantitative estimate of drug-likeness (QED) is 0.761. The Bertz CT molecular complexity index is 712. The number of esters is 1. The summed E-state index contributed by atoms with van der Waals surface area (Å²) in [7, 11) is 0. The third-order valence-corrected chi connectivity index (χ3v) is 6.23. The lowest BCUT2D eigenvalue weighted by Crippen LogP contribution is -3.22. The summed E-state index contributed by atoms with van der Waals surface area (Å²) in [6, 6.07) is 20.0. The highest BCUT2D eigenvalue weighted by molar-refractivity contribution is 5.82. The van der Waals surface area contributed by atoms with E-state index >= 15 is 0 Å². The molecule has 2 saturated heterocycles. The first-order chi connectivity index (χ1) is 12.7. The number of hydrogen-bond acceptors (Lipinski definition) is 2. The van der Waals surface area contributed by atoms with Gasteiger partial charge in [0, 0.05) is 19.3 Å². The molecule has 0 saturated carbocycles. The maximum Gasteiger partial charge on any atom is 0.322 e. The van der Waals surface area contributed by atoms with Gasteiger partial charge in [0.05, 0.1) is 13.1 Å². The minimum Gasteiger partial charge on any atom is -1.00 e. The van der Waals surface area contributed by atoms with Crippen LogP contribution in [0.2, 0.25) is 0 Å². The second-order valence-electron chi connectivity index (χ2n) is 8.01. The first-order valence-electron chi connectivity index (χ1n) is 9.84. The van der Waals surface area contributed by atoms with Crippen LogP contribution in [-0.2, 0) is 9.53 Å². The van der Waals surface area contributed by atoms with Crippen molar-refractivity contribution < 1.29 is 26.8 Å². The Balaban J connectivity index is 0.00000210. The summed E-state index contributed by atoms with van der Waals surface area (Å²) in [5.74, 6) is 0.321. The topological polar surface area (TPSA) is 30.7 Å². The second kappa shape index (κ2) is 8.45. The fourth-order valence-corrected chi connectivity index (χ4v) is 4.70. The average molecular weight is 386 g/mol. The molecule has 2 aliphatic rings. The number of rotatable bonds is 4. The normalized spacial score (nSPS) is 26.9. The predicted molar refractivity (Wildman–Crippen MR) is 102 cm³/mol. The van der Waals surface area contributed by atoms with Gasteiger partial charge in [0.15, 0.2) is 0 Å². The lowest BCUT2D eigenvalue weighted by atomic mass is 9.84. The van der Waals surface area contributed by atoms with Crippen LogP contribution in [0.4, 0.5) is 0 Å². The van der Waals surface area contributed by atoms with Crippen LogP contribution in [0.3, 0.4) is 0 Å². The van der Waals surface area contributed by atoms with Crippen LogP contribution in [0.5, 0.6) is 0 Å². The van der Waals surface area contributed by atoms with E-state index < -0.39 is 5.72 Å². The van der Waals surface area contributed by atoms with Gasteiger partial charge in [-0.15, -0.1) is 0 Å². The number of nitrogens with one attached hydrogen (secondary N) is 1. The van der Waals surface area contributed by atoms with Gasteiger partial charge < -0.3 is 17.1 Å². The Kier molecular flexibility index (Phi) is 6.23. The molecule has 144 valence electrons. The first-order valence-corrected chi connectivity index (χ1v) is 9.84. The summed E-state index contributed by atoms with van der Waals surface area (Å²) in [5.41, 5.74) is 1.60. The van der Waals surface area contributed by atoms with Crippen LogP contribution >= 0.6 is 0 Å². The summed E-state index contributed by atoms with van der Waals surface area (Å²) < 4.78 is 6.26. The highest BCUT2D eigenvalue weighted by atomic mass is 35.5. The van der Waals surface area contributed by atoms with Crippen molar-refractivity contribution in [3.8, 4) is 0 Å². The summed E-state index contributed by atoms with van der Waals surface area (Å²) in [5, 5.41) is 0. The van der Waals surface area contributed by atoms with Crippen molar-refractivity contribution in [3.63, 3.8) is 0 Å². The highest BCUT2D eigenvalue weighted by Crippen LogP contribution is 2.31. The van der Waals surface area contributed by atoms with Crippen molar-refractivity contribution in [2.45, 2.75) is 44.2 Å². The van der Waals surface area contributed by atoms with E-state index in [1.54, 1.807) is 0 Å². The van der Waals surface area contributed by atoms with E-state index in [9.17, 15) is 4.79 Å². The number of hydrogen-bond donors (Lipinski definition) is 1. The number of quaternary nitrogens is 1. The third-order valence-electron chi connectivity index (χ3n) is 6.23. The molecule has 0 amide bonds. The predicted octanol–water partition coefficient (Wildman–Crippen LogP) is 0.171. The molecule has 27 heavy (non-hydrogen) atoms. The van der Waals surface area contributed by atoms with Crippen molar-refractivity contribution in [2.75, 3.05) is 13.1 Å². The molecule has 2 bridgehead atoms. The SMILES string of the molecule is CC1(OC(=O)C(c2ccccc2)c2ccccc2)CCC2CCC[NH+]1C2.[Cl-]. The summed E-state index contributed by atoms with van der Waals surface area (Å²) in [4.78, 5) is 14.8. The van der Waals surface area contributed by atoms with E-state index in [1.165, 1.54) is 24.2 Å². The Morgan fingerprint density at radius 3 is 2.22 bits per heavy atom. The molecule has 0 spiro atoms. The van der Waals surface area contributed by atoms with E-state index in [4.69, 9.17) is 4.74 Å². The van der Waals surface area contributed by atoms with Crippen LogP contribution in [0, 0.1) is 5.92 Å². The molecule has 2 aliphatic heterocycles. The zero-order chi connectivity index (χ0) is 18.0. The zero-order valence-corrected chi connectivity index (χ0v) is 16.6. The first kappa shape index (κ1) is 19.9. The van der Waals surface area contributed by atoms with Gasteiger partial charge in [-0.25, -0.2) is 0 Å². The summed E-state index contributed by atoms with van der Waals surface area (Å²) in [6.45, 7) is 4.39. The van der Waals surface area contributed by atoms with Gasteiger partial charge >= 0.3 is 5.97 Å². The fraction of sp³-hybridized carbons (Fsp3) is 0.435. The third kappa shape index (κ3) is 4.20. The van der Waals surface area contributed by atoms with E-state index in [2.05, 4.69) is 6.92 Å². The maximum atomic E-state index is 13.3. The molecule has 1 N–H and O–H groups in total. The molecule has 0 radical (unpaired) electrons. The number of carbonyl (C=O) groups is 1. The highest BCUT2D eigenvalue weighted by Gasteiger charge is 2.47. The van der Waals surface area contributed by atoms with Gasteiger partial charge in [-0.3, -0.25) is 9.69 Å². The lowest BCUT2D eigenvalue weighted by Gasteiger charge is -2.46. The summed E-state index contributed by atoms with van der Waals surface area (Å²) in [6.07, 6.45) is 4.72. The number of piperidine rings is 2. The van der Waals surface area contributed by atoms with E-state index in [0.717, 1.165) is 36.6 Å². The van der Waals surface area contributed by atoms with Crippen molar-refractivity contribution in [2.24, 2.45) is 5.92 Å². The molecular weight excluding hydrogens is 358 g/mol. The smallest absolute Gasteiger partial charge is 0.322 e. The van der Waals surface area contributed by atoms with Crippen LogP contribution in [0.15, 0.2) is 60.7 Å². The van der Waals surface area contributed by atoms with Gasteiger partial charge in [0.25, 0.3) is 0 Å². The summed E-state index contributed by atoms with van der Waals surface area (Å²) >= 11 is 0. The standard InChI is InChI=1S/C23H27NO2.ClH/c1-23(15-14-18-9-8-16-24(23)17-18)26-22(25)21(19-10-4-2-5-11-19)20-12-6-3-7-13-20;/h2-7,10-13,18,21H,8-9,14-17H2,1H3;1H. The molecular formula is C23H28ClNO2. The molecule has 4 heteroatoms. The molecule has 3 unspecified atom stereocenters. The molecule has 3 atom stereocenters. The lowest BCUT2D eigenvalue weighted by molar-refractivity contribution is -0.987. The second-order valence-corrected chi connectivity index (χ2v) is 8.01. The largest absolute Gasteiger partial charge is 1.00 e. The van der Waals surface area contributed by atoms with Gasteiger partial charge in [-0.2, -0.15) is 0 Å². The van der Waals surface area contributed by atoms with Gasteiger partial charge in [-0.05, 0) is 30.4 Å². The molecule has 2 aromatic rings. The van der Waals surface area contributed by atoms with Crippen LogP contribution < -0.4 is 17.3 Å². The number of ether oxygens (including phenoxy) is 1. The van der Waals surface area contributed by atoms with Crippen molar-refractivity contribution >= 4 is 5.97 Å². The van der Waals surface area contributed by atoms with E-state index in [0.29, 0.717) is 0 Å². The maximum absolute atomic E-state index is 13.3. The fourth-order valence-electron chi connectivity index (χ4n) is 4.70. The van der Waals surface area contributed by atoms with Crippen molar-refractivity contribution in [1.82, 2.24) is 0 Å². The van der Waals surface area contributed by atoms with Crippen LogP contribution in [-0.4, -0.2) is 24.8 Å². The number of fused-ring (bicyclic) bond motifs is 2. The minimum atomic E-state index is -0.393. The number of carbonyl (C=O) groups excluding carboxylic acids is 1. The Hall–Kier alpha value is -1.84. The Labute approximate surface area is 168 Å². The van der Waals surface area contributed by atoms with E-state index in [1.807, 2.05) is 60.7 Å². The molecule has 2 heterocycles. The van der Waals surface area contributed by atoms with Crippen molar-refractivity contribution in [1.29, 1.82) is 0 Å². The number of benzene rings is 2. The molecule has 2 aromatic carbocycles. The molecule has 2 fully saturated rings. The molecule has 3 nitrogen and oxygen atoms in total. The van der Waals surface area contributed by atoms with Gasteiger partial charge in [0.2, 0.25) is 5.72 Å². The van der Waals surface area contributed by atoms with Crippen LogP contribution in [0.25, 0.3) is 0 Å². The number of halogens is 1. The Morgan fingerprint density at radius 2 is 1.63 bits per heavy atom. The Morgan fingerprint density at radius 1 is 1.04 bits per heavy atom. The monoisotopic (exact) mass is 385 g/mol. The minimum absolute atomic E-state index is 0.